The Hall–Kier alpha value is -2.85. The van der Waals surface area contributed by atoms with E-state index in [2.05, 4.69) is 27.0 Å². The fraction of sp³-hybridized carbons (Fsp3) is 0.250. The fourth-order valence-corrected chi connectivity index (χ4v) is 5.38. The molecule has 7 heteroatoms. The van der Waals surface area contributed by atoms with Crippen LogP contribution in [0, 0.1) is 11.8 Å². The largest absolute Gasteiger partial charge is 0.378 e. The molecule has 1 fully saturated rings. The third-order valence-electron chi connectivity index (χ3n) is 5.51. The Morgan fingerprint density at radius 1 is 1.16 bits per heavy atom. The van der Waals surface area contributed by atoms with Gasteiger partial charge >= 0.3 is 0 Å². The zero-order valence-electron chi connectivity index (χ0n) is 16.7. The van der Waals surface area contributed by atoms with Crippen molar-refractivity contribution in [1.82, 2.24) is 10.3 Å². The number of carbonyl (C=O) groups excluding carboxylic acids is 1. The first-order valence-electron chi connectivity index (χ1n) is 10.2. The van der Waals surface area contributed by atoms with Crippen LogP contribution in [0.2, 0.25) is 5.02 Å². The van der Waals surface area contributed by atoms with E-state index in [4.69, 9.17) is 16.3 Å². The summed E-state index contributed by atoms with van der Waals surface area (Å²) in [6, 6.07) is 11.7. The van der Waals surface area contributed by atoms with Crippen LogP contribution in [0.15, 0.2) is 48.8 Å². The minimum absolute atomic E-state index is 0.0224. The van der Waals surface area contributed by atoms with Gasteiger partial charge in [-0.15, -0.1) is 11.3 Å². The van der Waals surface area contributed by atoms with Crippen LogP contribution in [0.4, 0.5) is 5.00 Å². The van der Waals surface area contributed by atoms with Crippen molar-refractivity contribution in [1.29, 1.82) is 0 Å². The van der Waals surface area contributed by atoms with Crippen LogP contribution in [-0.4, -0.2) is 43.7 Å². The van der Waals surface area contributed by atoms with Crippen molar-refractivity contribution in [3.05, 3.63) is 80.9 Å². The molecule has 4 heterocycles. The molecular formula is C24H20ClN3O2S. The molecule has 0 bridgehead atoms. The fourth-order valence-electron chi connectivity index (χ4n) is 3.97. The number of nitrogens with zero attached hydrogens (tertiary/aromatic N) is 2. The SMILES string of the molecule is O=C1NCC(c2ccc(Cl)cc2)c2c1sc(N1CCOCC1)c2C#Cc1cccnc1. The molecule has 31 heavy (non-hydrogen) atoms. The molecule has 1 unspecified atom stereocenters. The topological polar surface area (TPSA) is 54.5 Å². The molecule has 1 atom stereocenters. The van der Waals surface area contributed by atoms with Crippen molar-refractivity contribution in [2.75, 3.05) is 37.7 Å². The molecule has 2 aliphatic heterocycles. The van der Waals surface area contributed by atoms with E-state index in [1.807, 2.05) is 36.4 Å². The molecule has 2 aromatic heterocycles. The standard InChI is InChI=1S/C24H20ClN3O2S/c25-18-6-4-17(5-7-18)20-15-27-23(29)22-21(20)19(8-3-16-2-1-9-26-14-16)24(31-22)28-10-12-30-13-11-28/h1-2,4-7,9,14,20H,10-13,15H2,(H,27,29). The number of pyridine rings is 1. The van der Waals surface area contributed by atoms with Crippen LogP contribution in [0.5, 0.6) is 0 Å². The Morgan fingerprint density at radius 2 is 1.97 bits per heavy atom. The second-order valence-electron chi connectivity index (χ2n) is 7.43. The zero-order valence-corrected chi connectivity index (χ0v) is 18.3. The van der Waals surface area contributed by atoms with Crippen molar-refractivity contribution >= 4 is 33.8 Å². The number of hydrogen-bond acceptors (Lipinski definition) is 5. The normalized spacial score (nSPS) is 18.0. The summed E-state index contributed by atoms with van der Waals surface area (Å²) >= 11 is 7.64. The summed E-state index contributed by atoms with van der Waals surface area (Å²) in [7, 11) is 0. The second-order valence-corrected chi connectivity index (χ2v) is 8.87. The Morgan fingerprint density at radius 3 is 2.71 bits per heavy atom. The van der Waals surface area contributed by atoms with Gasteiger partial charge in [-0.05, 0) is 29.8 Å². The first kappa shape index (κ1) is 20.1. The van der Waals surface area contributed by atoms with Gasteiger partial charge in [0.15, 0.2) is 0 Å². The highest BCUT2D eigenvalue weighted by atomic mass is 35.5. The Bertz CT molecular complexity index is 1160. The molecule has 2 aliphatic rings. The maximum absolute atomic E-state index is 12.8. The van der Waals surface area contributed by atoms with Gasteiger partial charge < -0.3 is 15.0 Å². The summed E-state index contributed by atoms with van der Waals surface area (Å²) in [5.41, 5.74) is 3.90. The van der Waals surface area contributed by atoms with E-state index < -0.39 is 0 Å². The van der Waals surface area contributed by atoms with Crippen molar-refractivity contribution in [2.45, 2.75) is 5.92 Å². The van der Waals surface area contributed by atoms with E-state index in [-0.39, 0.29) is 11.8 Å². The lowest BCUT2D eigenvalue weighted by Gasteiger charge is -2.28. The van der Waals surface area contributed by atoms with E-state index in [1.165, 1.54) is 11.3 Å². The highest BCUT2D eigenvalue weighted by Crippen LogP contribution is 2.43. The van der Waals surface area contributed by atoms with Crippen molar-refractivity contribution in [2.24, 2.45) is 0 Å². The number of anilines is 1. The van der Waals surface area contributed by atoms with Crippen molar-refractivity contribution in [3.8, 4) is 11.8 Å². The number of ether oxygens (including phenoxy) is 1. The predicted octanol–water partition coefficient (Wildman–Crippen LogP) is 3.91. The number of amides is 1. The number of aromatic nitrogens is 1. The zero-order chi connectivity index (χ0) is 21.2. The summed E-state index contributed by atoms with van der Waals surface area (Å²) < 4.78 is 5.54. The average molecular weight is 450 g/mol. The van der Waals surface area contributed by atoms with E-state index in [9.17, 15) is 4.79 Å². The number of rotatable bonds is 2. The molecule has 5 rings (SSSR count). The predicted molar refractivity (Wildman–Crippen MR) is 123 cm³/mol. The molecule has 0 radical (unpaired) electrons. The van der Waals surface area contributed by atoms with Gasteiger partial charge in [-0.25, -0.2) is 0 Å². The number of fused-ring (bicyclic) bond motifs is 1. The first-order chi connectivity index (χ1) is 15.2. The summed E-state index contributed by atoms with van der Waals surface area (Å²) in [4.78, 5) is 20.0. The number of carbonyl (C=O) groups is 1. The van der Waals surface area contributed by atoms with Gasteiger partial charge in [0.2, 0.25) is 0 Å². The van der Waals surface area contributed by atoms with Gasteiger partial charge in [-0.1, -0.05) is 35.6 Å². The number of benzene rings is 1. The quantitative estimate of drug-likeness (QED) is 0.603. The molecule has 156 valence electrons. The lowest BCUT2D eigenvalue weighted by atomic mass is 9.86. The van der Waals surface area contributed by atoms with Gasteiger partial charge in [0, 0.05) is 54.1 Å². The van der Waals surface area contributed by atoms with Crippen LogP contribution in [-0.2, 0) is 4.74 Å². The van der Waals surface area contributed by atoms with Gasteiger partial charge in [-0.2, -0.15) is 0 Å². The minimum atomic E-state index is -0.0332. The Kier molecular flexibility index (Phi) is 5.65. The van der Waals surface area contributed by atoms with Gasteiger partial charge in [0.1, 0.15) is 5.00 Å². The van der Waals surface area contributed by atoms with Crippen LogP contribution >= 0.6 is 22.9 Å². The van der Waals surface area contributed by atoms with Crippen LogP contribution < -0.4 is 10.2 Å². The molecule has 0 aliphatic carbocycles. The molecular weight excluding hydrogens is 430 g/mol. The summed E-state index contributed by atoms with van der Waals surface area (Å²) in [5.74, 6) is 6.64. The third-order valence-corrected chi connectivity index (χ3v) is 7.03. The Balaban J connectivity index is 1.67. The van der Waals surface area contributed by atoms with E-state index in [0.29, 0.717) is 24.8 Å². The monoisotopic (exact) mass is 449 g/mol. The molecule has 0 saturated carbocycles. The maximum atomic E-state index is 12.8. The number of halogens is 1. The average Bonchev–Trinajstić information content (AvgIpc) is 3.20. The third kappa shape index (κ3) is 4.05. The van der Waals surface area contributed by atoms with Gasteiger partial charge in [0.25, 0.3) is 5.91 Å². The lowest BCUT2D eigenvalue weighted by Crippen LogP contribution is -2.36. The van der Waals surface area contributed by atoms with E-state index in [0.717, 1.165) is 45.2 Å². The Labute approximate surface area is 190 Å². The highest BCUT2D eigenvalue weighted by molar-refractivity contribution is 7.18. The van der Waals surface area contributed by atoms with Gasteiger partial charge in [0.05, 0.1) is 23.7 Å². The molecule has 1 aromatic carbocycles. The smallest absolute Gasteiger partial charge is 0.261 e. The lowest BCUT2D eigenvalue weighted by molar-refractivity contribution is 0.0947. The summed E-state index contributed by atoms with van der Waals surface area (Å²) in [6.45, 7) is 3.45. The van der Waals surface area contributed by atoms with Crippen molar-refractivity contribution in [3.63, 3.8) is 0 Å². The van der Waals surface area contributed by atoms with Crippen LogP contribution in [0.25, 0.3) is 0 Å². The van der Waals surface area contributed by atoms with Crippen molar-refractivity contribution < 1.29 is 9.53 Å². The summed E-state index contributed by atoms with van der Waals surface area (Å²) in [6.07, 6.45) is 3.49. The highest BCUT2D eigenvalue weighted by Gasteiger charge is 2.34. The molecule has 1 N–H and O–H groups in total. The second kappa shape index (κ2) is 8.72. The van der Waals surface area contributed by atoms with E-state index >= 15 is 0 Å². The molecule has 0 spiro atoms. The van der Waals surface area contributed by atoms with Crippen LogP contribution in [0.1, 0.15) is 37.8 Å². The molecule has 1 saturated heterocycles. The number of nitrogens with one attached hydrogen (secondary N) is 1. The number of morpholine rings is 1. The number of thiophene rings is 1. The molecule has 5 nitrogen and oxygen atoms in total. The number of hydrogen-bond donors (Lipinski definition) is 1. The van der Waals surface area contributed by atoms with E-state index in [1.54, 1.807) is 12.4 Å². The maximum Gasteiger partial charge on any atom is 0.261 e. The van der Waals surface area contributed by atoms with Gasteiger partial charge in [-0.3, -0.25) is 9.78 Å². The summed E-state index contributed by atoms with van der Waals surface area (Å²) in [5, 5.41) is 4.79. The molecule has 1 amide bonds. The first-order valence-corrected chi connectivity index (χ1v) is 11.4. The minimum Gasteiger partial charge on any atom is -0.378 e. The molecule has 3 aromatic rings. The van der Waals surface area contributed by atoms with Crippen LogP contribution in [0.3, 0.4) is 0 Å².